The van der Waals surface area contributed by atoms with Gasteiger partial charge >= 0.3 is 0 Å². The highest BCUT2D eigenvalue weighted by atomic mass is 35.5. The molecule has 0 bridgehead atoms. The molecule has 0 fully saturated rings. The second-order valence-electron chi connectivity index (χ2n) is 5.29. The van der Waals surface area contributed by atoms with Crippen molar-refractivity contribution in [3.63, 3.8) is 0 Å². The number of rotatable bonds is 5. The van der Waals surface area contributed by atoms with Gasteiger partial charge in [0, 0.05) is 34.6 Å². The van der Waals surface area contributed by atoms with E-state index in [0.29, 0.717) is 5.02 Å². The molecule has 0 spiro atoms. The van der Waals surface area contributed by atoms with Crippen LogP contribution in [0.4, 0.5) is 5.13 Å². The molecule has 1 N–H and O–H groups in total. The molecular weight excluding hydrogens is 326 g/mol. The van der Waals surface area contributed by atoms with Crippen LogP contribution in [0.15, 0.2) is 42.6 Å². The Morgan fingerprint density at radius 1 is 1.13 bits per heavy atom. The van der Waals surface area contributed by atoms with Gasteiger partial charge in [-0.2, -0.15) is 0 Å². The van der Waals surface area contributed by atoms with Crippen molar-refractivity contribution < 1.29 is 0 Å². The number of benzene rings is 1. The first-order chi connectivity index (χ1) is 11.2. The summed E-state index contributed by atoms with van der Waals surface area (Å²) in [5.41, 5.74) is 3.88. The Hall–Kier alpha value is -1.91. The Labute approximate surface area is 145 Å². The molecule has 1 aromatic carbocycles. The van der Waals surface area contributed by atoms with Gasteiger partial charge in [0.05, 0.1) is 10.6 Å². The predicted octanol–water partition coefficient (Wildman–Crippen LogP) is 5.66. The molecule has 0 amide bonds. The van der Waals surface area contributed by atoms with Gasteiger partial charge in [0.2, 0.25) is 0 Å². The fourth-order valence-electron chi connectivity index (χ4n) is 2.33. The number of anilines is 1. The third kappa shape index (κ3) is 3.54. The minimum atomic E-state index is 0.709. The lowest BCUT2D eigenvalue weighted by molar-refractivity contribution is 0.976. The van der Waals surface area contributed by atoms with E-state index in [4.69, 9.17) is 16.6 Å². The van der Waals surface area contributed by atoms with Crippen LogP contribution in [0.5, 0.6) is 0 Å². The second kappa shape index (κ2) is 7.11. The molecule has 3 aromatic rings. The Morgan fingerprint density at radius 3 is 2.74 bits per heavy atom. The van der Waals surface area contributed by atoms with Crippen LogP contribution in [0.2, 0.25) is 5.02 Å². The molecular formula is C18H18ClN3S. The van der Waals surface area contributed by atoms with E-state index in [2.05, 4.69) is 23.3 Å². The van der Waals surface area contributed by atoms with Crippen LogP contribution in [0, 0.1) is 6.92 Å². The maximum absolute atomic E-state index is 6.38. The number of hydrogen-bond donors (Lipinski definition) is 1. The lowest BCUT2D eigenvalue weighted by Crippen LogP contribution is -1.97. The Morgan fingerprint density at radius 2 is 1.96 bits per heavy atom. The van der Waals surface area contributed by atoms with Crippen LogP contribution in [0.1, 0.15) is 19.0 Å². The van der Waals surface area contributed by atoms with Crippen molar-refractivity contribution >= 4 is 28.1 Å². The Kier molecular flexibility index (Phi) is 4.94. The van der Waals surface area contributed by atoms with E-state index in [-0.39, 0.29) is 0 Å². The summed E-state index contributed by atoms with van der Waals surface area (Å²) in [6, 6.07) is 11.9. The molecule has 0 aliphatic heterocycles. The predicted molar refractivity (Wildman–Crippen MR) is 99.3 cm³/mol. The summed E-state index contributed by atoms with van der Waals surface area (Å²) in [4.78, 5) is 10.3. The SMILES string of the molecule is CCCNc1ncc(-c2ccc(C)nc2-c2ccccc2Cl)s1. The van der Waals surface area contributed by atoms with Crippen LogP contribution in [-0.4, -0.2) is 16.5 Å². The summed E-state index contributed by atoms with van der Waals surface area (Å²) >= 11 is 8.02. The third-order valence-electron chi connectivity index (χ3n) is 3.46. The van der Waals surface area contributed by atoms with Crippen molar-refractivity contribution in [2.75, 3.05) is 11.9 Å². The zero-order chi connectivity index (χ0) is 16.2. The Balaban J connectivity index is 2.06. The first kappa shape index (κ1) is 16.0. The number of nitrogens with one attached hydrogen (secondary N) is 1. The minimum absolute atomic E-state index is 0.709. The van der Waals surface area contributed by atoms with Crippen LogP contribution in [-0.2, 0) is 0 Å². The third-order valence-corrected chi connectivity index (χ3v) is 4.78. The number of aryl methyl sites for hydroxylation is 1. The highest BCUT2D eigenvalue weighted by Gasteiger charge is 2.14. The van der Waals surface area contributed by atoms with Crippen molar-refractivity contribution in [3.8, 4) is 21.7 Å². The molecule has 0 radical (unpaired) electrons. The molecule has 2 heterocycles. The number of aromatic nitrogens is 2. The Bertz CT molecular complexity index is 814. The maximum atomic E-state index is 6.38. The summed E-state index contributed by atoms with van der Waals surface area (Å²) < 4.78 is 0. The van der Waals surface area contributed by atoms with Gasteiger partial charge in [-0.15, -0.1) is 0 Å². The summed E-state index contributed by atoms with van der Waals surface area (Å²) in [7, 11) is 0. The van der Waals surface area contributed by atoms with Gasteiger partial charge in [-0.1, -0.05) is 48.1 Å². The number of halogens is 1. The fraction of sp³-hybridized carbons (Fsp3) is 0.222. The zero-order valence-corrected chi connectivity index (χ0v) is 14.7. The van der Waals surface area contributed by atoms with Crippen molar-refractivity contribution in [3.05, 3.63) is 53.3 Å². The number of pyridine rings is 1. The smallest absolute Gasteiger partial charge is 0.183 e. The van der Waals surface area contributed by atoms with Gasteiger partial charge < -0.3 is 5.32 Å². The normalized spacial score (nSPS) is 10.7. The van der Waals surface area contributed by atoms with Gasteiger partial charge in [0.25, 0.3) is 0 Å². The highest BCUT2D eigenvalue weighted by molar-refractivity contribution is 7.18. The first-order valence-corrected chi connectivity index (χ1v) is 8.81. The molecule has 0 atom stereocenters. The lowest BCUT2D eigenvalue weighted by atomic mass is 10.0. The van der Waals surface area contributed by atoms with Gasteiger partial charge in [-0.25, -0.2) is 4.98 Å². The van der Waals surface area contributed by atoms with E-state index >= 15 is 0 Å². The number of thiazole rings is 1. The van der Waals surface area contributed by atoms with E-state index in [1.165, 1.54) is 0 Å². The van der Waals surface area contributed by atoms with Gasteiger partial charge in [0.1, 0.15) is 0 Å². The second-order valence-corrected chi connectivity index (χ2v) is 6.72. The minimum Gasteiger partial charge on any atom is -0.362 e. The lowest BCUT2D eigenvalue weighted by Gasteiger charge is -2.09. The monoisotopic (exact) mass is 343 g/mol. The topological polar surface area (TPSA) is 37.8 Å². The molecule has 0 aliphatic rings. The van der Waals surface area contributed by atoms with E-state index in [0.717, 1.165) is 45.5 Å². The average Bonchev–Trinajstić information content (AvgIpc) is 3.02. The van der Waals surface area contributed by atoms with Crippen molar-refractivity contribution in [2.45, 2.75) is 20.3 Å². The molecule has 0 unspecified atom stereocenters. The van der Waals surface area contributed by atoms with Crippen LogP contribution in [0.3, 0.4) is 0 Å². The standard InChI is InChI=1S/C18H18ClN3S/c1-3-10-20-18-21-11-16(23-18)14-9-8-12(2)22-17(14)13-6-4-5-7-15(13)19/h4-9,11H,3,10H2,1-2H3,(H,20,21). The van der Waals surface area contributed by atoms with E-state index < -0.39 is 0 Å². The van der Waals surface area contributed by atoms with Crippen LogP contribution < -0.4 is 5.32 Å². The summed E-state index contributed by atoms with van der Waals surface area (Å²) in [6.07, 6.45) is 2.97. The van der Waals surface area contributed by atoms with Crippen molar-refractivity contribution in [1.82, 2.24) is 9.97 Å². The molecule has 3 nitrogen and oxygen atoms in total. The van der Waals surface area contributed by atoms with Crippen LogP contribution in [0.25, 0.3) is 21.7 Å². The van der Waals surface area contributed by atoms with Crippen LogP contribution >= 0.6 is 22.9 Å². The summed E-state index contributed by atoms with van der Waals surface area (Å²) in [5.74, 6) is 0. The number of hydrogen-bond acceptors (Lipinski definition) is 4. The summed E-state index contributed by atoms with van der Waals surface area (Å²) in [5, 5.41) is 4.97. The van der Waals surface area contributed by atoms with Crippen molar-refractivity contribution in [1.29, 1.82) is 0 Å². The fourth-order valence-corrected chi connectivity index (χ4v) is 3.42. The summed E-state index contributed by atoms with van der Waals surface area (Å²) in [6.45, 7) is 5.06. The molecule has 3 rings (SSSR count). The van der Waals surface area contributed by atoms with Gasteiger partial charge in [-0.05, 0) is 31.5 Å². The highest BCUT2D eigenvalue weighted by Crippen LogP contribution is 2.37. The van der Waals surface area contributed by atoms with Gasteiger partial charge in [-0.3, -0.25) is 4.98 Å². The first-order valence-electron chi connectivity index (χ1n) is 7.61. The molecule has 0 saturated heterocycles. The van der Waals surface area contributed by atoms with Crippen molar-refractivity contribution in [2.24, 2.45) is 0 Å². The van der Waals surface area contributed by atoms with E-state index in [1.54, 1.807) is 11.3 Å². The van der Waals surface area contributed by atoms with E-state index in [1.807, 2.05) is 43.5 Å². The van der Waals surface area contributed by atoms with Gasteiger partial charge in [0.15, 0.2) is 5.13 Å². The largest absolute Gasteiger partial charge is 0.362 e. The molecule has 0 saturated carbocycles. The maximum Gasteiger partial charge on any atom is 0.183 e. The van der Waals surface area contributed by atoms with E-state index in [9.17, 15) is 0 Å². The zero-order valence-electron chi connectivity index (χ0n) is 13.1. The molecule has 23 heavy (non-hydrogen) atoms. The number of nitrogens with zero attached hydrogens (tertiary/aromatic N) is 2. The molecule has 118 valence electrons. The molecule has 5 heteroatoms. The molecule has 0 aliphatic carbocycles. The average molecular weight is 344 g/mol. The quantitative estimate of drug-likeness (QED) is 0.649. The molecule has 2 aromatic heterocycles.